The third-order valence-electron chi connectivity index (χ3n) is 4.76. The summed E-state index contributed by atoms with van der Waals surface area (Å²) in [6, 6.07) is 8.51. The van der Waals surface area contributed by atoms with Gasteiger partial charge in [-0.05, 0) is 31.9 Å². The molecule has 0 saturated heterocycles. The number of para-hydroxylation sites is 2. The number of imidazole rings is 1. The predicted molar refractivity (Wildman–Crippen MR) is 106 cm³/mol. The minimum Gasteiger partial charge on any atom is -0.307 e. The van der Waals surface area contributed by atoms with Crippen molar-refractivity contribution in [3.8, 4) is 0 Å². The molecule has 2 aromatic heterocycles. The van der Waals surface area contributed by atoms with Crippen molar-refractivity contribution in [2.75, 3.05) is 5.32 Å². The van der Waals surface area contributed by atoms with E-state index >= 15 is 0 Å². The highest BCUT2D eigenvalue weighted by molar-refractivity contribution is 8.02. The number of carbonyl (C=O) groups excluding carboxylic acids is 1. The summed E-state index contributed by atoms with van der Waals surface area (Å²) in [5, 5.41) is 10.6. The Balaban J connectivity index is 1.59. The minimum absolute atomic E-state index is 0.0578. The molecule has 1 aliphatic carbocycles. The summed E-state index contributed by atoms with van der Waals surface area (Å²) in [7, 11) is 0. The van der Waals surface area contributed by atoms with Crippen LogP contribution in [0.25, 0.3) is 11.0 Å². The van der Waals surface area contributed by atoms with Crippen LogP contribution in [-0.2, 0) is 4.79 Å². The second kappa shape index (κ2) is 7.75. The Morgan fingerprint density at radius 2 is 2.12 bits per heavy atom. The number of hydrogen-bond donors (Lipinski definition) is 1. The van der Waals surface area contributed by atoms with Gasteiger partial charge in [-0.1, -0.05) is 54.5 Å². The van der Waals surface area contributed by atoms with Crippen molar-refractivity contribution < 1.29 is 4.79 Å². The molecular weight excluding hydrogens is 366 g/mol. The number of benzene rings is 1. The maximum atomic E-state index is 12.7. The van der Waals surface area contributed by atoms with Crippen LogP contribution in [0, 0.1) is 0 Å². The van der Waals surface area contributed by atoms with Crippen LogP contribution in [0.2, 0.25) is 0 Å². The van der Waals surface area contributed by atoms with Gasteiger partial charge in [0.1, 0.15) is 5.51 Å². The number of fused-ring (bicyclic) bond motifs is 1. The van der Waals surface area contributed by atoms with Crippen LogP contribution in [0.1, 0.15) is 45.1 Å². The van der Waals surface area contributed by atoms with Crippen molar-refractivity contribution in [1.82, 2.24) is 19.7 Å². The molecule has 6 nitrogen and oxygen atoms in total. The molecule has 0 bridgehead atoms. The first-order valence-electron chi connectivity index (χ1n) is 8.93. The molecule has 1 atom stereocenters. The minimum atomic E-state index is -0.262. The number of nitrogens with one attached hydrogen (secondary N) is 1. The Labute approximate surface area is 160 Å². The Morgan fingerprint density at radius 3 is 2.88 bits per heavy atom. The molecule has 1 N–H and O–H groups in total. The average molecular weight is 388 g/mol. The largest absolute Gasteiger partial charge is 0.307 e. The van der Waals surface area contributed by atoms with Crippen LogP contribution in [0.4, 0.5) is 5.95 Å². The molecule has 0 aliphatic heterocycles. The lowest BCUT2D eigenvalue weighted by atomic mass is 9.95. The molecule has 4 rings (SSSR count). The second-order valence-electron chi connectivity index (χ2n) is 6.54. The number of nitrogens with zero attached hydrogens (tertiary/aromatic N) is 4. The molecular formula is C18H21N5OS2. The first-order chi connectivity index (χ1) is 12.7. The summed E-state index contributed by atoms with van der Waals surface area (Å²) in [6.45, 7) is 1.88. The highest BCUT2D eigenvalue weighted by atomic mass is 32.2. The maximum absolute atomic E-state index is 12.7. The van der Waals surface area contributed by atoms with Crippen molar-refractivity contribution in [3.63, 3.8) is 0 Å². The lowest BCUT2D eigenvalue weighted by Gasteiger charge is -2.25. The van der Waals surface area contributed by atoms with Crippen LogP contribution >= 0.6 is 23.1 Å². The number of anilines is 1. The van der Waals surface area contributed by atoms with Crippen molar-refractivity contribution >= 4 is 46.0 Å². The molecule has 1 amide bonds. The van der Waals surface area contributed by atoms with E-state index in [1.165, 1.54) is 42.4 Å². The van der Waals surface area contributed by atoms with Gasteiger partial charge in [-0.3, -0.25) is 10.1 Å². The zero-order valence-electron chi connectivity index (χ0n) is 14.6. The number of amides is 1. The molecule has 1 saturated carbocycles. The fourth-order valence-corrected chi connectivity index (χ4v) is 5.10. The third kappa shape index (κ3) is 3.61. The summed E-state index contributed by atoms with van der Waals surface area (Å²) in [5.74, 6) is 0.602. The van der Waals surface area contributed by atoms with Gasteiger partial charge in [-0.25, -0.2) is 4.98 Å². The summed E-state index contributed by atoms with van der Waals surface area (Å²) in [5.41, 5.74) is 3.70. The zero-order chi connectivity index (χ0) is 17.9. The molecule has 136 valence electrons. The van der Waals surface area contributed by atoms with Crippen molar-refractivity contribution in [2.24, 2.45) is 0 Å². The first-order valence-corrected chi connectivity index (χ1v) is 10.7. The zero-order valence-corrected chi connectivity index (χ0v) is 16.2. The van der Waals surface area contributed by atoms with E-state index in [0.29, 0.717) is 12.0 Å². The molecule has 8 heteroatoms. The predicted octanol–water partition coefficient (Wildman–Crippen LogP) is 4.51. The lowest BCUT2D eigenvalue weighted by molar-refractivity contribution is -0.115. The molecule has 0 unspecified atom stereocenters. The number of hydrogen-bond acceptors (Lipinski definition) is 6. The molecule has 3 aromatic rings. The highest BCUT2D eigenvalue weighted by Gasteiger charge is 2.24. The number of aromatic nitrogens is 4. The van der Waals surface area contributed by atoms with Gasteiger partial charge in [-0.15, -0.1) is 10.2 Å². The maximum Gasteiger partial charge on any atom is 0.239 e. The van der Waals surface area contributed by atoms with E-state index in [1.807, 2.05) is 25.1 Å². The van der Waals surface area contributed by atoms with E-state index in [9.17, 15) is 4.79 Å². The van der Waals surface area contributed by atoms with Gasteiger partial charge in [0.15, 0.2) is 4.34 Å². The topological polar surface area (TPSA) is 72.7 Å². The Hall–Kier alpha value is -1.93. The van der Waals surface area contributed by atoms with Gasteiger partial charge in [0.2, 0.25) is 11.9 Å². The van der Waals surface area contributed by atoms with Gasteiger partial charge < -0.3 is 4.57 Å². The summed E-state index contributed by atoms with van der Waals surface area (Å²) < 4.78 is 3.03. The van der Waals surface area contributed by atoms with Crippen LogP contribution in [-0.4, -0.2) is 30.9 Å². The number of thioether (sulfide) groups is 1. The Bertz CT molecular complexity index is 886. The Kier molecular flexibility index (Phi) is 5.21. The van der Waals surface area contributed by atoms with E-state index in [4.69, 9.17) is 4.98 Å². The normalized spacial score (nSPS) is 16.7. The van der Waals surface area contributed by atoms with Crippen molar-refractivity contribution in [3.05, 3.63) is 29.8 Å². The van der Waals surface area contributed by atoms with E-state index < -0.39 is 0 Å². The Morgan fingerprint density at radius 1 is 1.31 bits per heavy atom. The fraction of sp³-hybridized carbons (Fsp3) is 0.444. The van der Waals surface area contributed by atoms with Crippen molar-refractivity contribution in [2.45, 2.75) is 54.7 Å². The highest BCUT2D eigenvalue weighted by Crippen LogP contribution is 2.34. The lowest BCUT2D eigenvalue weighted by Crippen LogP contribution is -2.25. The van der Waals surface area contributed by atoms with Crippen molar-refractivity contribution in [1.29, 1.82) is 0 Å². The standard InChI is InChI=1S/C18H21N5OS2/c1-12(26-18-22-19-11-25-18)16(24)21-17-20-14-9-5-6-10-15(14)23(17)13-7-3-2-4-8-13/h5-6,9-13H,2-4,7-8H2,1H3,(H,20,21,24)/t12-/m0/s1. The van der Waals surface area contributed by atoms with Gasteiger partial charge >= 0.3 is 0 Å². The monoisotopic (exact) mass is 387 g/mol. The molecule has 1 fully saturated rings. The van der Waals surface area contributed by atoms with Gasteiger partial charge in [-0.2, -0.15) is 0 Å². The van der Waals surface area contributed by atoms with Crippen LogP contribution in [0.5, 0.6) is 0 Å². The molecule has 0 radical (unpaired) electrons. The smallest absolute Gasteiger partial charge is 0.239 e. The van der Waals surface area contributed by atoms with Crippen LogP contribution in [0.3, 0.4) is 0 Å². The molecule has 26 heavy (non-hydrogen) atoms. The van der Waals surface area contributed by atoms with Crippen LogP contribution < -0.4 is 5.32 Å². The van der Waals surface area contributed by atoms with E-state index in [1.54, 1.807) is 5.51 Å². The molecule has 2 heterocycles. The first kappa shape index (κ1) is 17.5. The number of rotatable bonds is 5. The van der Waals surface area contributed by atoms with E-state index in [-0.39, 0.29) is 11.2 Å². The molecule has 1 aliphatic rings. The molecule has 1 aromatic carbocycles. The van der Waals surface area contributed by atoms with E-state index in [2.05, 4.69) is 26.1 Å². The summed E-state index contributed by atoms with van der Waals surface area (Å²) in [6.07, 6.45) is 6.03. The quantitative estimate of drug-likeness (QED) is 0.652. The van der Waals surface area contributed by atoms with Gasteiger partial charge in [0.05, 0.1) is 16.3 Å². The summed E-state index contributed by atoms with van der Waals surface area (Å²) >= 11 is 2.87. The average Bonchev–Trinajstić information content (AvgIpc) is 3.29. The third-order valence-corrected chi connectivity index (χ3v) is 6.67. The second-order valence-corrected chi connectivity index (χ2v) is 8.96. The van der Waals surface area contributed by atoms with Crippen LogP contribution in [0.15, 0.2) is 34.1 Å². The van der Waals surface area contributed by atoms with E-state index in [0.717, 1.165) is 28.2 Å². The summed E-state index contributed by atoms with van der Waals surface area (Å²) in [4.78, 5) is 17.4. The van der Waals surface area contributed by atoms with Gasteiger partial charge in [0.25, 0.3) is 0 Å². The molecule has 0 spiro atoms. The SMILES string of the molecule is C[C@H](Sc1nncs1)C(=O)Nc1nc2ccccc2n1C1CCCCC1. The van der Waals surface area contributed by atoms with Gasteiger partial charge in [0, 0.05) is 6.04 Å². The number of carbonyl (C=O) groups is 1. The fourth-order valence-electron chi connectivity index (χ4n) is 3.47.